The van der Waals surface area contributed by atoms with Crippen LogP contribution in [0.1, 0.15) is 17.5 Å². The average Bonchev–Trinajstić information content (AvgIpc) is 2.92. The summed E-state index contributed by atoms with van der Waals surface area (Å²) in [6.45, 7) is 0. The van der Waals surface area contributed by atoms with Crippen LogP contribution in [0.3, 0.4) is 0 Å². The van der Waals surface area contributed by atoms with E-state index in [4.69, 9.17) is 0 Å². The Labute approximate surface area is 135 Å². The van der Waals surface area contributed by atoms with Crippen LogP contribution in [0.4, 0.5) is 0 Å². The van der Waals surface area contributed by atoms with Gasteiger partial charge < -0.3 is 24.8 Å². The molecule has 0 radical (unpaired) electrons. The molecule has 0 nitrogen and oxygen atoms in total. The molecule has 0 N–H and O–H groups in total. The summed E-state index contributed by atoms with van der Waals surface area (Å²) in [5.41, 5.74) is 2.73. The molecule has 17 heavy (non-hydrogen) atoms. The van der Waals surface area contributed by atoms with Gasteiger partial charge in [-0.05, 0) is 0 Å². The first-order valence-electron chi connectivity index (χ1n) is 4.83. The standard InChI is InChI=1S/C9H7.C5H5.2ClH.Zr/c1-2-5-9-7-3-6-8(9)4-1;1-2-4-5-3-1;;;/h1-2,4-6H,7H2;1-3H,4H2;2*1H;/q2*-1;;;+4/p-2. The molecule has 0 unspecified atom stereocenters. The van der Waals surface area contributed by atoms with Gasteiger partial charge >= 0.3 is 26.2 Å². The van der Waals surface area contributed by atoms with Gasteiger partial charge in [-0.2, -0.15) is 11.6 Å². The fraction of sp³-hybridized carbons (Fsp3) is 0.143. The quantitative estimate of drug-likeness (QED) is 0.453. The van der Waals surface area contributed by atoms with Gasteiger partial charge in [0.15, 0.2) is 0 Å². The van der Waals surface area contributed by atoms with Crippen LogP contribution in [0, 0.1) is 12.2 Å². The van der Waals surface area contributed by atoms with Gasteiger partial charge in [-0.1, -0.05) is 18.2 Å². The normalized spacial score (nSPS) is 12.5. The van der Waals surface area contributed by atoms with Gasteiger partial charge in [0.2, 0.25) is 0 Å². The molecule has 2 aliphatic rings. The molecule has 0 aliphatic heterocycles. The largest absolute Gasteiger partial charge is 4.00 e. The second-order valence-electron chi connectivity index (χ2n) is 3.23. The zero-order chi connectivity index (χ0) is 9.64. The van der Waals surface area contributed by atoms with Crippen LogP contribution in [0.2, 0.25) is 0 Å². The van der Waals surface area contributed by atoms with Gasteiger partial charge in [-0.3, -0.25) is 12.2 Å². The van der Waals surface area contributed by atoms with E-state index in [-0.39, 0.29) is 51.0 Å². The number of benzene rings is 1. The van der Waals surface area contributed by atoms with E-state index in [2.05, 4.69) is 48.6 Å². The molecule has 0 aromatic heterocycles. The summed E-state index contributed by atoms with van der Waals surface area (Å²) in [5.74, 6) is 0. The third-order valence-electron chi connectivity index (χ3n) is 2.19. The fourth-order valence-electron chi connectivity index (χ4n) is 1.45. The zero-order valence-electron chi connectivity index (χ0n) is 9.29. The second kappa shape index (κ2) is 11.0. The van der Waals surface area contributed by atoms with Crippen LogP contribution >= 0.6 is 0 Å². The Morgan fingerprint density at radius 2 is 1.76 bits per heavy atom. The number of halogens is 2. The molecular formula is C14H12Cl2Zr. The fourth-order valence-corrected chi connectivity index (χ4v) is 1.45. The van der Waals surface area contributed by atoms with Crippen molar-refractivity contribution in [3.05, 3.63) is 65.8 Å². The predicted molar refractivity (Wildman–Crippen MR) is 59.4 cm³/mol. The molecule has 0 amide bonds. The van der Waals surface area contributed by atoms with Gasteiger partial charge in [-0.15, -0.1) is 24.5 Å². The summed E-state index contributed by atoms with van der Waals surface area (Å²) in [6.07, 6.45) is 16.2. The summed E-state index contributed by atoms with van der Waals surface area (Å²) in [6, 6.07) is 8.39. The number of rotatable bonds is 0. The Morgan fingerprint density at radius 1 is 1.00 bits per heavy atom. The van der Waals surface area contributed by atoms with E-state index in [1.807, 2.05) is 12.2 Å². The van der Waals surface area contributed by atoms with Crippen LogP contribution in [0.25, 0.3) is 6.08 Å². The molecule has 1 aromatic rings. The molecule has 1 aromatic carbocycles. The summed E-state index contributed by atoms with van der Waals surface area (Å²) in [5, 5.41) is 0. The van der Waals surface area contributed by atoms with E-state index in [0.29, 0.717) is 0 Å². The van der Waals surface area contributed by atoms with Gasteiger partial charge in [0.25, 0.3) is 0 Å². The van der Waals surface area contributed by atoms with Crippen molar-refractivity contribution in [1.82, 2.24) is 0 Å². The number of fused-ring (bicyclic) bond motifs is 1. The van der Waals surface area contributed by atoms with Gasteiger partial charge in [0, 0.05) is 0 Å². The Hall–Kier alpha value is -0.0969. The van der Waals surface area contributed by atoms with Crippen molar-refractivity contribution in [2.75, 3.05) is 0 Å². The molecule has 86 valence electrons. The molecule has 0 saturated heterocycles. The number of allylic oxidation sites excluding steroid dienone is 5. The van der Waals surface area contributed by atoms with Crippen LogP contribution < -0.4 is 24.8 Å². The van der Waals surface area contributed by atoms with Crippen LogP contribution in [0.15, 0.2) is 42.5 Å². The zero-order valence-corrected chi connectivity index (χ0v) is 13.3. The van der Waals surface area contributed by atoms with E-state index in [1.165, 1.54) is 11.1 Å². The molecule has 0 atom stereocenters. The molecule has 0 fully saturated rings. The summed E-state index contributed by atoms with van der Waals surface area (Å²) >= 11 is 0. The molecule has 0 heterocycles. The monoisotopic (exact) mass is 340 g/mol. The van der Waals surface area contributed by atoms with Crippen molar-refractivity contribution in [1.29, 1.82) is 0 Å². The molecule has 0 spiro atoms. The minimum Gasteiger partial charge on any atom is -1.00 e. The SMILES string of the molecule is [C-]1=CC=CC1.[C-]1=Cc2ccccc2C1.[Cl-].[Cl-].[Zr+4]. The molecule has 3 heteroatoms. The maximum absolute atomic E-state index is 3.16. The first kappa shape index (κ1) is 19.2. The van der Waals surface area contributed by atoms with E-state index < -0.39 is 0 Å². The third-order valence-corrected chi connectivity index (χ3v) is 2.19. The van der Waals surface area contributed by atoms with Crippen LogP contribution in [0.5, 0.6) is 0 Å². The van der Waals surface area contributed by atoms with Crippen molar-refractivity contribution in [2.24, 2.45) is 0 Å². The average molecular weight is 342 g/mol. The van der Waals surface area contributed by atoms with Crippen molar-refractivity contribution in [3.63, 3.8) is 0 Å². The second-order valence-corrected chi connectivity index (χ2v) is 3.23. The molecule has 3 rings (SSSR count). The number of hydrogen-bond donors (Lipinski definition) is 0. The van der Waals surface area contributed by atoms with E-state index in [1.54, 1.807) is 0 Å². The van der Waals surface area contributed by atoms with E-state index in [0.717, 1.165) is 12.8 Å². The molecule has 2 aliphatic carbocycles. The third kappa shape index (κ3) is 6.41. The first-order valence-corrected chi connectivity index (χ1v) is 4.83. The molecule has 0 bridgehead atoms. The summed E-state index contributed by atoms with van der Waals surface area (Å²) < 4.78 is 0. The van der Waals surface area contributed by atoms with Crippen LogP contribution in [-0.4, -0.2) is 0 Å². The van der Waals surface area contributed by atoms with Crippen molar-refractivity contribution >= 4 is 6.08 Å². The Morgan fingerprint density at radius 3 is 2.29 bits per heavy atom. The van der Waals surface area contributed by atoms with Crippen molar-refractivity contribution in [2.45, 2.75) is 12.8 Å². The maximum Gasteiger partial charge on any atom is 4.00 e. The summed E-state index contributed by atoms with van der Waals surface area (Å²) in [7, 11) is 0. The Kier molecular flexibility index (Phi) is 12.5. The van der Waals surface area contributed by atoms with E-state index in [9.17, 15) is 0 Å². The smallest absolute Gasteiger partial charge is 1.00 e. The Bertz CT molecular complexity index is 385. The maximum atomic E-state index is 3.16. The molecular weight excluding hydrogens is 330 g/mol. The van der Waals surface area contributed by atoms with E-state index >= 15 is 0 Å². The number of hydrogen-bond acceptors (Lipinski definition) is 0. The molecule has 0 saturated carbocycles. The van der Waals surface area contributed by atoms with Gasteiger partial charge in [0.05, 0.1) is 0 Å². The Balaban J connectivity index is 0. The van der Waals surface area contributed by atoms with Crippen LogP contribution in [-0.2, 0) is 32.6 Å². The minimum atomic E-state index is 0. The van der Waals surface area contributed by atoms with Gasteiger partial charge in [0.1, 0.15) is 0 Å². The van der Waals surface area contributed by atoms with Gasteiger partial charge in [-0.25, -0.2) is 18.2 Å². The topological polar surface area (TPSA) is 0 Å². The van der Waals surface area contributed by atoms with Crippen molar-refractivity contribution in [3.8, 4) is 0 Å². The predicted octanol–water partition coefficient (Wildman–Crippen LogP) is -2.63. The van der Waals surface area contributed by atoms with Crippen molar-refractivity contribution < 1.29 is 51.0 Å². The summed E-state index contributed by atoms with van der Waals surface area (Å²) in [4.78, 5) is 0. The minimum absolute atomic E-state index is 0. The first-order chi connectivity index (χ1) is 6.97.